The normalized spacial score (nSPS) is 9.20. The van der Waals surface area contributed by atoms with Gasteiger partial charge < -0.3 is 0 Å². The molecule has 1 aromatic heterocycles. The monoisotopic (exact) mass is 140 g/mol. The standard InChI is InChI=1S/C5H6N3O2/c6-7-3-1-5(2-4-7)8(9)10/h1-4H,6H2/q+1. The van der Waals surface area contributed by atoms with Gasteiger partial charge >= 0.3 is 0 Å². The maximum absolute atomic E-state index is 10.1. The summed E-state index contributed by atoms with van der Waals surface area (Å²) in [6.07, 6.45) is 2.83. The Kier molecular flexibility index (Phi) is 1.49. The van der Waals surface area contributed by atoms with Crippen LogP contribution in [0.3, 0.4) is 0 Å². The second kappa shape index (κ2) is 2.30. The molecule has 0 saturated heterocycles. The van der Waals surface area contributed by atoms with Crippen LogP contribution in [-0.4, -0.2) is 4.92 Å². The van der Waals surface area contributed by atoms with Crippen molar-refractivity contribution in [1.29, 1.82) is 0 Å². The molecule has 0 saturated carbocycles. The van der Waals surface area contributed by atoms with Gasteiger partial charge in [0.1, 0.15) is 0 Å². The lowest BCUT2D eigenvalue weighted by molar-refractivity contribution is -0.639. The predicted octanol–water partition coefficient (Wildman–Crippen LogP) is -0.404. The fourth-order valence-corrected chi connectivity index (χ4v) is 0.552. The number of hydrogen-bond donors (Lipinski definition) is 1. The van der Waals surface area contributed by atoms with Crippen molar-refractivity contribution < 1.29 is 9.60 Å². The Balaban J connectivity index is 3.00. The van der Waals surface area contributed by atoms with Crippen molar-refractivity contribution in [3.05, 3.63) is 34.6 Å². The molecule has 10 heavy (non-hydrogen) atoms. The van der Waals surface area contributed by atoms with Crippen LogP contribution >= 0.6 is 0 Å². The number of aromatic nitrogens is 1. The fraction of sp³-hybridized carbons (Fsp3) is 0. The van der Waals surface area contributed by atoms with Gasteiger partial charge in [0.15, 0.2) is 0 Å². The molecule has 0 atom stereocenters. The third kappa shape index (κ3) is 1.19. The van der Waals surface area contributed by atoms with E-state index in [0.717, 1.165) is 0 Å². The lowest BCUT2D eigenvalue weighted by Crippen LogP contribution is -2.43. The molecular weight excluding hydrogens is 134 g/mol. The van der Waals surface area contributed by atoms with Crippen molar-refractivity contribution >= 4 is 5.69 Å². The Bertz CT molecular complexity index is 244. The molecule has 0 bridgehead atoms. The molecule has 1 heterocycles. The third-order valence-electron chi connectivity index (χ3n) is 1.05. The molecular formula is C5H6N3O2+. The molecule has 0 radical (unpaired) electrons. The van der Waals surface area contributed by atoms with Crippen molar-refractivity contribution in [3.63, 3.8) is 0 Å². The minimum atomic E-state index is -0.472. The lowest BCUT2D eigenvalue weighted by atomic mass is 10.4. The van der Waals surface area contributed by atoms with Crippen LogP contribution in [0.25, 0.3) is 0 Å². The molecule has 52 valence electrons. The number of hydrogen-bond acceptors (Lipinski definition) is 3. The minimum absolute atomic E-state index is 0.0432. The number of nitrogens with zero attached hydrogens (tertiary/aromatic N) is 2. The van der Waals surface area contributed by atoms with Crippen LogP contribution < -0.4 is 10.5 Å². The first kappa shape index (κ1) is 6.47. The van der Waals surface area contributed by atoms with E-state index in [1.54, 1.807) is 0 Å². The van der Waals surface area contributed by atoms with Crippen LogP contribution in [0.5, 0.6) is 0 Å². The van der Waals surface area contributed by atoms with Gasteiger partial charge in [0, 0.05) is 0 Å². The topological polar surface area (TPSA) is 73.0 Å². The molecule has 0 fully saturated rings. The summed E-state index contributed by atoms with van der Waals surface area (Å²) >= 11 is 0. The second-order valence-corrected chi connectivity index (χ2v) is 1.76. The average molecular weight is 140 g/mol. The summed E-state index contributed by atoms with van der Waals surface area (Å²) in [5, 5.41) is 10.1. The Morgan fingerprint density at radius 1 is 1.50 bits per heavy atom. The van der Waals surface area contributed by atoms with E-state index >= 15 is 0 Å². The highest BCUT2D eigenvalue weighted by atomic mass is 16.6. The summed E-state index contributed by atoms with van der Waals surface area (Å²) in [4.78, 5) is 9.60. The summed E-state index contributed by atoms with van der Waals surface area (Å²) in [5.41, 5.74) is 0.0432. The van der Waals surface area contributed by atoms with Crippen molar-refractivity contribution in [3.8, 4) is 0 Å². The SMILES string of the molecule is N[n+]1ccc([N+](=O)[O-])cc1. The van der Waals surface area contributed by atoms with Crippen LogP contribution in [0, 0.1) is 10.1 Å². The van der Waals surface area contributed by atoms with Crippen LogP contribution in [0.4, 0.5) is 5.69 Å². The number of nitro groups is 1. The number of rotatable bonds is 1. The number of nitrogens with two attached hydrogens (primary N) is 1. The highest BCUT2D eigenvalue weighted by Crippen LogP contribution is 2.04. The van der Waals surface area contributed by atoms with Crippen LogP contribution in [0.1, 0.15) is 0 Å². The quantitative estimate of drug-likeness (QED) is 0.249. The zero-order valence-electron chi connectivity index (χ0n) is 5.10. The van der Waals surface area contributed by atoms with E-state index < -0.39 is 4.92 Å². The maximum Gasteiger partial charge on any atom is 0.281 e. The second-order valence-electron chi connectivity index (χ2n) is 1.76. The smallest absolute Gasteiger partial charge is 0.258 e. The molecule has 1 rings (SSSR count). The Labute approximate surface area is 56.8 Å². The van der Waals surface area contributed by atoms with Gasteiger partial charge in [0.2, 0.25) is 12.4 Å². The summed E-state index contributed by atoms with van der Waals surface area (Å²) < 4.78 is 1.24. The molecule has 0 spiro atoms. The van der Waals surface area contributed by atoms with Gasteiger partial charge in [0.05, 0.1) is 17.1 Å². The molecule has 5 nitrogen and oxygen atoms in total. The van der Waals surface area contributed by atoms with Crippen molar-refractivity contribution in [1.82, 2.24) is 0 Å². The molecule has 0 aliphatic heterocycles. The van der Waals surface area contributed by atoms with E-state index in [-0.39, 0.29) is 5.69 Å². The van der Waals surface area contributed by atoms with Gasteiger partial charge in [-0.3, -0.25) is 10.1 Å². The first-order valence-corrected chi connectivity index (χ1v) is 2.61. The zero-order valence-corrected chi connectivity index (χ0v) is 5.10. The largest absolute Gasteiger partial charge is 0.281 e. The molecule has 0 unspecified atom stereocenters. The Morgan fingerprint density at radius 3 is 2.40 bits per heavy atom. The Hall–Kier alpha value is -1.65. The van der Waals surface area contributed by atoms with Gasteiger partial charge in [-0.2, -0.15) is 0 Å². The first-order chi connectivity index (χ1) is 4.70. The first-order valence-electron chi connectivity index (χ1n) is 2.61. The molecule has 5 heteroatoms. The predicted molar refractivity (Wildman–Crippen MR) is 33.4 cm³/mol. The van der Waals surface area contributed by atoms with Crippen LogP contribution in [-0.2, 0) is 0 Å². The van der Waals surface area contributed by atoms with E-state index in [4.69, 9.17) is 5.84 Å². The van der Waals surface area contributed by atoms with Gasteiger partial charge in [-0.1, -0.05) is 4.68 Å². The Morgan fingerprint density at radius 2 is 2.00 bits per heavy atom. The van der Waals surface area contributed by atoms with Crippen LogP contribution in [0.2, 0.25) is 0 Å². The molecule has 2 N–H and O–H groups in total. The number of pyridine rings is 1. The van der Waals surface area contributed by atoms with Gasteiger partial charge in [-0.15, -0.1) is 0 Å². The minimum Gasteiger partial charge on any atom is -0.258 e. The van der Waals surface area contributed by atoms with Crippen molar-refractivity contribution in [2.45, 2.75) is 0 Å². The van der Waals surface area contributed by atoms with E-state index in [0.29, 0.717) is 0 Å². The maximum atomic E-state index is 10.1. The average Bonchev–Trinajstić information content (AvgIpc) is 1.88. The summed E-state index contributed by atoms with van der Waals surface area (Å²) in [7, 11) is 0. The fourth-order valence-electron chi connectivity index (χ4n) is 0.552. The molecule has 1 aromatic rings. The van der Waals surface area contributed by atoms with Crippen molar-refractivity contribution in [2.24, 2.45) is 0 Å². The van der Waals surface area contributed by atoms with E-state index in [9.17, 15) is 10.1 Å². The van der Waals surface area contributed by atoms with Gasteiger partial charge in [-0.05, 0) is 0 Å². The highest BCUT2D eigenvalue weighted by Gasteiger charge is 2.05. The summed E-state index contributed by atoms with van der Waals surface area (Å²) in [6, 6.07) is 2.67. The van der Waals surface area contributed by atoms with Crippen LogP contribution in [0.15, 0.2) is 24.5 Å². The zero-order chi connectivity index (χ0) is 7.56. The molecule has 0 amide bonds. The van der Waals surface area contributed by atoms with E-state index in [1.807, 2.05) is 0 Å². The highest BCUT2D eigenvalue weighted by molar-refractivity contribution is 5.23. The third-order valence-corrected chi connectivity index (χ3v) is 1.05. The van der Waals surface area contributed by atoms with Crippen molar-refractivity contribution in [2.75, 3.05) is 5.84 Å². The summed E-state index contributed by atoms with van der Waals surface area (Å²) in [5.74, 6) is 5.22. The van der Waals surface area contributed by atoms with Gasteiger partial charge in [0.25, 0.3) is 5.69 Å². The molecule has 0 aliphatic carbocycles. The summed E-state index contributed by atoms with van der Waals surface area (Å²) in [6.45, 7) is 0. The molecule has 0 aliphatic rings. The van der Waals surface area contributed by atoms with E-state index in [2.05, 4.69) is 0 Å². The number of nitrogen functional groups attached to an aromatic ring is 1. The van der Waals surface area contributed by atoms with E-state index in [1.165, 1.54) is 29.2 Å². The molecule has 0 aromatic carbocycles. The van der Waals surface area contributed by atoms with Gasteiger partial charge in [-0.25, -0.2) is 5.84 Å². The lowest BCUT2D eigenvalue weighted by Gasteiger charge is -1.85.